The average Bonchev–Trinajstić information content (AvgIpc) is 3.09. The minimum atomic E-state index is -0.383. The maximum absolute atomic E-state index is 13.8. The van der Waals surface area contributed by atoms with Crippen LogP contribution in [-0.2, 0) is 11.2 Å². The second-order valence-corrected chi connectivity index (χ2v) is 6.90. The van der Waals surface area contributed by atoms with Gasteiger partial charge in [-0.3, -0.25) is 4.79 Å². The Morgan fingerprint density at radius 2 is 2.04 bits per heavy atom. The van der Waals surface area contributed by atoms with Gasteiger partial charge in [0, 0.05) is 22.9 Å². The summed E-state index contributed by atoms with van der Waals surface area (Å²) in [7, 11) is 0. The van der Waals surface area contributed by atoms with Gasteiger partial charge >= 0.3 is 0 Å². The molecular formula is C20H17Cl2FN2O2. The highest BCUT2D eigenvalue weighted by atomic mass is 35.5. The first-order chi connectivity index (χ1) is 12.9. The number of carbonyl (C=O) groups excluding carboxylic acids is 1. The van der Waals surface area contributed by atoms with E-state index in [0.717, 1.165) is 5.56 Å². The van der Waals surface area contributed by atoms with Crippen LogP contribution < -0.4 is 5.32 Å². The average molecular weight is 407 g/mol. The molecule has 0 fully saturated rings. The van der Waals surface area contributed by atoms with Gasteiger partial charge in [-0.1, -0.05) is 41.4 Å². The summed E-state index contributed by atoms with van der Waals surface area (Å²) in [6.07, 6.45) is 1.95. The third-order valence-electron chi connectivity index (χ3n) is 4.07. The predicted octanol–water partition coefficient (Wildman–Crippen LogP) is 5.60. The fraction of sp³-hybridized carbons (Fsp3) is 0.200. The number of hydrogen-bond donors (Lipinski definition) is 1. The number of aryl methyl sites for hydroxylation is 1. The number of benzene rings is 2. The summed E-state index contributed by atoms with van der Waals surface area (Å²) >= 11 is 12.1. The van der Waals surface area contributed by atoms with E-state index >= 15 is 0 Å². The predicted molar refractivity (Wildman–Crippen MR) is 103 cm³/mol. The molecule has 0 spiro atoms. The van der Waals surface area contributed by atoms with Gasteiger partial charge in [-0.2, -0.15) is 0 Å². The highest BCUT2D eigenvalue weighted by Crippen LogP contribution is 2.26. The maximum atomic E-state index is 13.8. The van der Waals surface area contributed by atoms with E-state index in [2.05, 4.69) is 10.3 Å². The lowest BCUT2D eigenvalue weighted by atomic mass is 10.1. The summed E-state index contributed by atoms with van der Waals surface area (Å²) < 4.78 is 19.3. The van der Waals surface area contributed by atoms with Crippen LogP contribution in [0.5, 0.6) is 0 Å². The van der Waals surface area contributed by atoms with Crippen molar-refractivity contribution in [2.45, 2.75) is 25.8 Å². The molecule has 0 radical (unpaired) electrons. The first-order valence-corrected chi connectivity index (χ1v) is 9.13. The van der Waals surface area contributed by atoms with Crippen molar-refractivity contribution in [3.63, 3.8) is 0 Å². The van der Waals surface area contributed by atoms with Crippen molar-refractivity contribution in [2.24, 2.45) is 0 Å². The Hall–Kier alpha value is -2.37. The number of halogens is 3. The minimum absolute atomic E-state index is 0.167. The van der Waals surface area contributed by atoms with Gasteiger partial charge in [-0.25, -0.2) is 9.37 Å². The van der Waals surface area contributed by atoms with Gasteiger partial charge in [-0.05, 0) is 36.8 Å². The zero-order valence-electron chi connectivity index (χ0n) is 14.5. The maximum Gasteiger partial charge on any atom is 0.220 e. The molecule has 0 unspecified atom stereocenters. The van der Waals surface area contributed by atoms with E-state index in [4.69, 9.17) is 27.6 Å². The van der Waals surface area contributed by atoms with Crippen molar-refractivity contribution in [1.82, 2.24) is 10.3 Å². The summed E-state index contributed by atoms with van der Waals surface area (Å²) in [6, 6.07) is 11.2. The summed E-state index contributed by atoms with van der Waals surface area (Å²) in [5, 5.41) is 3.91. The zero-order chi connectivity index (χ0) is 19.4. The highest BCUT2D eigenvalue weighted by Gasteiger charge is 2.15. The van der Waals surface area contributed by atoms with Crippen LogP contribution >= 0.6 is 23.2 Å². The Bertz CT molecular complexity index is 959. The molecule has 140 valence electrons. The Morgan fingerprint density at radius 3 is 2.78 bits per heavy atom. The van der Waals surface area contributed by atoms with E-state index in [1.807, 2.05) is 6.92 Å². The van der Waals surface area contributed by atoms with E-state index in [1.54, 1.807) is 36.4 Å². The number of hydrogen-bond acceptors (Lipinski definition) is 3. The number of aromatic nitrogens is 1. The molecule has 1 N–H and O–H groups in total. The molecular weight excluding hydrogens is 390 g/mol. The molecule has 27 heavy (non-hydrogen) atoms. The second kappa shape index (κ2) is 8.55. The Balaban J connectivity index is 1.57. The van der Waals surface area contributed by atoms with Crippen LogP contribution in [0.3, 0.4) is 0 Å². The van der Waals surface area contributed by atoms with Gasteiger partial charge in [0.1, 0.15) is 5.82 Å². The number of nitrogens with zero attached hydrogens (tertiary/aromatic N) is 1. The van der Waals surface area contributed by atoms with Crippen molar-refractivity contribution in [3.8, 4) is 11.3 Å². The van der Waals surface area contributed by atoms with Crippen molar-refractivity contribution < 1.29 is 13.6 Å². The number of rotatable bonds is 6. The van der Waals surface area contributed by atoms with E-state index in [1.165, 1.54) is 12.3 Å². The lowest BCUT2D eigenvalue weighted by Crippen LogP contribution is -2.27. The fourth-order valence-corrected chi connectivity index (χ4v) is 3.25. The molecule has 0 saturated heterocycles. The number of nitrogens with one attached hydrogen (secondary N) is 1. The number of carbonyl (C=O) groups is 1. The number of amides is 1. The summed E-state index contributed by atoms with van der Waals surface area (Å²) in [5.41, 5.74) is 1.12. The third-order valence-corrected chi connectivity index (χ3v) is 4.63. The van der Waals surface area contributed by atoms with Crippen LogP contribution in [0.1, 0.15) is 30.8 Å². The van der Waals surface area contributed by atoms with E-state index in [9.17, 15) is 9.18 Å². The third kappa shape index (κ3) is 4.87. The molecule has 0 aliphatic carbocycles. The molecule has 2 aromatic carbocycles. The Morgan fingerprint density at radius 1 is 1.26 bits per heavy atom. The van der Waals surface area contributed by atoms with Crippen molar-refractivity contribution in [1.29, 1.82) is 0 Å². The first-order valence-electron chi connectivity index (χ1n) is 8.38. The monoisotopic (exact) mass is 406 g/mol. The molecule has 0 bridgehead atoms. The van der Waals surface area contributed by atoms with Gasteiger partial charge in [0.2, 0.25) is 5.91 Å². The molecule has 3 aromatic rings. The molecule has 4 nitrogen and oxygen atoms in total. The Labute approximate surface area is 166 Å². The molecule has 0 saturated carbocycles. The molecule has 7 heteroatoms. The standard InChI is InChI=1S/C20H17Cl2FN2O2/c1-12(14-7-6-13(21)10-16(14)22)25-19(26)8-9-20-24-11-18(27-20)15-4-2-3-5-17(15)23/h2-7,10-12H,8-9H2,1H3,(H,25,26)/t12-/m1/s1. The highest BCUT2D eigenvalue weighted by molar-refractivity contribution is 6.35. The molecule has 1 aromatic heterocycles. The minimum Gasteiger partial charge on any atom is -0.441 e. The number of oxazole rings is 1. The van der Waals surface area contributed by atoms with E-state index in [-0.39, 0.29) is 24.2 Å². The van der Waals surface area contributed by atoms with Crippen LogP contribution in [0.4, 0.5) is 4.39 Å². The van der Waals surface area contributed by atoms with Gasteiger partial charge in [-0.15, -0.1) is 0 Å². The van der Waals surface area contributed by atoms with Gasteiger partial charge in [0.25, 0.3) is 0 Å². The van der Waals surface area contributed by atoms with E-state index < -0.39 is 0 Å². The largest absolute Gasteiger partial charge is 0.441 e. The van der Waals surface area contributed by atoms with Gasteiger partial charge in [0.05, 0.1) is 17.8 Å². The normalized spacial score (nSPS) is 12.0. The lowest BCUT2D eigenvalue weighted by Gasteiger charge is -2.15. The van der Waals surface area contributed by atoms with Crippen LogP contribution in [0, 0.1) is 5.82 Å². The SMILES string of the molecule is C[C@@H](NC(=O)CCc1ncc(-c2ccccc2F)o1)c1ccc(Cl)cc1Cl. The summed E-state index contributed by atoms with van der Waals surface area (Å²) in [4.78, 5) is 16.3. The summed E-state index contributed by atoms with van der Waals surface area (Å²) in [5.74, 6) is 0.163. The topological polar surface area (TPSA) is 55.1 Å². The van der Waals surface area contributed by atoms with Crippen LogP contribution in [0.15, 0.2) is 53.1 Å². The van der Waals surface area contributed by atoms with Crippen LogP contribution in [0.2, 0.25) is 10.0 Å². The molecule has 1 heterocycles. The molecule has 3 rings (SSSR count). The molecule has 0 aliphatic heterocycles. The zero-order valence-corrected chi connectivity index (χ0v) is 16.0. The lowest BCUT2D eigenvalue weighted by molar-refractivity contribution is -0.121. The smallest absolute Gasteiger partial charge is 0.220 e. The van der Waals surface area contributed by atoms with E-state index in [0.29, 0.717) is 33.7 Å². The quantitative estimate of drug-likeness (QED) is 0.579. The van der Waals surface area contributed by atoms with Crippen molar-refractivity contribution in [3.05, 3.63) is 76.0 Å². The van der Waals surface area contributed by atoms with Gasteiger partial charge < -0.3 is 9.73 Å². The molecule has 0 aliphatic rings. The molecule has 1 amide bonds. The molecule has 1 atom stereocenters. The van der Waals surface area contributed by atoms with Crippen molar-refractivity contribution >= 4 is 29.1 Å². The van der Waals surface area contributed by atoms with Crippen LogP contribution in [0.25, 0.3) is 11.3 Å². The van der Waals surface area contributed by atoms with Crippen molar-refractivity contribution in [2.75, 3.05) is 0 Å². The Kier molecular flexibility index (Phi) is 6.14. The van der Waals surface area contributed by atoms with Gasteiger partial charge in [0.15, 0.2) is 11.7 Å². The first kappa shape index (κ1) is 19.4. The summed E-state index contributed by atoms with van der Waals surface area (Å²) in [6.45, 7) is 1.84. The fourth-order valence-electron chi connectivity index (χ4n) is 2.68. The second-order valence-electron chi connectivity index (χ2n) is 6.05. The van der Waals surface area contributed by atoms with Crippen LogP contribution in [-0.4, -0.2) is 10.9 Å².